The van der Waals surface area contributed by atoms with Gasteiger partial charge in [0.2, 0.25) is 0 Å². The summed E-state index contributed by atoms with van der Waals surface area (Å²) in [6, 6.07) is 7.61. The summed E-state index contributed by atoms with van der Waals surface area (Å²) < 4.78 is 12.9. The maximum atomic E-state index is 5.69. The van der Waals surface area contributed by atoms with Gasteiger partial charge in [0, 0.05) is 0 Å². The molecule has 6 nitrogen and oxygen atoms in total. The molecule has 0 aliphatic carbocycles. The van der Waals surface area contributed by atoms with Gasteiger partial charge in [-0.2, -0.15) is 5.10 Å². The molecular formula is C13H18N4O2. The molecule has 102 valence electrons. The lowest BCUT2D eigenvalue weighted by Crippen LogP contribution is -2.10. The van der Waals surface area contributed by atoms with Crippen LogP contribution >= 0.6 is 0 Å². The number of aromatic nitrogens is 3. The standard InChI is InChI=1S/C13H18N4O2/c1-2-18-11-5-3-4-6-12(11)19-8-7-17-10-15-13(9-14)16-17/h3-6,10H,2,7-9,14H2,1H3. The maximum absolute atomic E-state index is 5.69. The molecule has 0 radical (unpaired) electrons. The van der Waals surface area contributed by atoms with E-state index in [1.807, 2.05) is 31.2 Å². The minimum Gasteiger partial charge on any atom is -0.490 e. The van der Waals surface area contributed by atoms with Gasteiger partial charge in [-0.1, -0.05) is 12.1 Å². The van der Waals surface area contributed by atoms with Crippen LogP contribution in [-0.4, -0.2) is 28.0 Å². The molecule has 1 heterocycles. The van der Waals surface area contributed by atoms with Gasteiger partial charge in [-0.25, -0.2) is 9.67 Å². The van der Waals surface area contributed by atoms with Gasteiger partial charge in [0.1, 0.15) is 12.9 Å². The van der Waals surface area contributed by atoms with Crippen molar-refractivity contribution in [2.24, 2.45) is 5.73 Å². The number of ether oxygens (including phenoxy) is 2. The van der Waals surface area contributed by atoms with Crippen molar-refractivity contribution >= 4 is 0 Å². The van der Waals surface area contributed by atoms with E-state index in [9.17, 15) is 0 Å². The molecule has 2 N–H and O–H groups in total. The third-order valence-electron chi connectivity index (χ3n) is 2.49. The number of para-hydroxylation sites is 2. The van der Waals surface area contributed by atoms with Crippen LogP contribution in [-0.2, 0) is 13.1 Å². The summed E-state index contributed by atoms with van der Waals surface area (Å²) in [6.07, 6.45) is 1.65. The third kappa shape index (κ3) is 3.69. The summed E-state index contributed by atoms with van der Waals surface area (Å²) in [5.41, 5.74) is 5.45. The van der Waals surface area contributed by atoms with E-state index in [1.54, 1.807) is 11.0 Å². The van der Waals surface area contributed by atoms with Crippen molar-refractivity contribution in [3.63, 3.8) is 0 Å². The molecule has 0 aliphatic heterocycles. The molecule has 0 spiro atoms. The highest BCUT2D eigenvalue weighted by molar-refractivity contribution is 5.39. The lowest BCUT2D eigenvalue weighted by molar-refractivity contribution is 0.262. The van der Waals surface area contributed by atoms with Crippen molar-refractivity contribution in [1.29, 1.82) is 0 Å². The van der Waals surface area contributed by atoms with E-state index in [0.29, 0.717) is 32.1 Å². The Morgan fingerprint density at radius 3 is 2.58 bits per heavy atom. The van der Waals surface area contributed by atoms with E-state index in [-0.39, 0.29) is 0 Å². The first-order chi connectivity index (χ1) is 9.33. The predicted molar refractivity (Wildman–Crippen MR) is 71.0 cm³/mol. The van der Waals surface area contributed by atoms with Crippen LogP contribution in [0, 0.1) is 0 Å². The summed E-state index contributed by atoms with van der Waals surface area (Å²) in [7, 11) is 0. The molecule has 0 saturated heterocycles. The smallest absolute Gasteiger partial charge is 0.164 e. The van der Waals surface area contributed by atoms with Gasteiger partial charge in [-0.05, 0) is 19.1 Å². The van der Waals surface area contributed by atoms with Crippen LogP contribution in [0.1, 0.15) is 12.7 Å². The van der Waals surface area contributed by atoms with E-state index >= 15 is 0 Å². The second-order valence-electron chi connectivity index (χ2n) is 3.86. The second kappa shape index (κ2) is 6.75. The topological polar surface area (TPSA) is 75.2 Å². The molecule has 0 fully saturated rings. The fourth-order valence-electron chi connectivity index (χ4n) is 1.63. The van der Waals surface area contributed by atoms with E-state index in [1.165, 1.54) is 0 Å². The van der Waals surface area contributed by atoms with Crippen molar-refractivity contribution in [3.05, 3.63) is 36.4 Å². The normalized spacial score (nSPS) is 10.4. The van der Waals surface area contributed by atoms with Crippen LogP contribution in [0.4, 0.5) is 0 Å². The van der Waals surface area contributed by atoms with Gasteiger partial charge in [0.25, 0.3) is 0 Å². The largest absolute Gasteiger partial charge is 0.490 e. The van der Waals surface area contributed by atoms with Gasteiger partial charge in [-0.3, -0.25) is 0 Å². The highest BCUT2D eigenvalue weighted by Crippen LogP contribution is 2.26. The summed E-state index contributed by atoms with van der Waals surface area (Å²) in [6.45, 7) is 4.02. The van der Waals surface area contributed by atoms with Crippen molar-refractivity contribution in [2.45, 2.75) is 20.0 Å². The Hall–Kier alpha value is -2.08. The Balaban J connectivity index is 1.88. The predicted octanol–water partition coefficient (Wildman–Crippen LogP) is 1.21. The molecule has 0 saturated carbocycles. The fraction of sp³-hybridized carbons (Fsp3) is 0.385. The molecule has 0 amide bonds. The zero-order valence-corrected chi connectivity index (χ0v) is 11.0. The molecule has 2 rings (SSSR count). The molecule has 0 unspecified atom stereocenters. The maximum Gasteiger partial charge on any atom is 0.164 e. The zero-order valence-electron chi connectivity index (χ0n) is 11.0. The zero-order chi connectivity index (χ0) is 13.5. The van der Waals surface area contributed by atoms with Gasteiger partial charge in [0.05, 0.1) is 19.7 Å². The Bertz CT molecular complexity index is 513. The molecule has 0 bridgehead atoms. The van der Waals surface area contributed by atoms with E-state index in [0.717, 1.165) is 11.5 Å². The van der Waals surface area contributed by atoms with Crippen LogP contribution in [0.15, 0.2) is 30.6 Å². The number of nitrogens with two attached hydrogens (primary N) is 1. The minimum absolute atomic E-state index is 0.348. The van der Waals surface area contributed by atoms with Crippen LogP contribution in [0.3, 0.4) is 0 Å². The quantitative estimate of drug-likeness (QED) is 0.812. The lowest BCUT2D eigenvalue weighted by atomic mass is 10.3. The number of nitrogens with zero attached hydrogens (tertiary/aromatic N) is 3. The van der Waals surface area contributed by atoms with Gasteiger partial charge >= 0.3 is 0 Å². The molecule has 19 heavy (non-hydrogen) atoms. The summed E-state index contributed by atoms with van der Waals surface area (Å²) in [5, 5.41) is 4.19. The van der Waals surface area contributed by atoms with Gasteiger partial charge < -0.3 is 15.2 Å². The Kier molecular flexibility index (Phi) is 4.74. The first-order valence-electron chi connectivity index (χ1n) is 6.26. The molecular weight excluding hydrogens is 244 g/mol. The van der Waals surface area contributed by atoms with Crippen molar-refractivity contribution in [1.82, 2.24) is 14.8 Å². The average molecular weight is 262 g/mol. The average Bonchev–Trinajstić information content (AvgIpc) is 2.89. The van der Waals surface area contributed by atoms with Crippen LogP contribution in [0.5, 0.6) is 11.5 Å². The second-order valence-corrected chi connectivity index (χ2v) is 3.86. The first kappa shape index (κ1) is 13.4. The summed E-state index contributed by atoms with van der Waals surface area (Å²) in [4.78, 5) is 4.05. The number of hydrogen-bond donors (Lipinski definition) is 1. The molecule has 6 heteroatoms. The summed E-state index contributed by atoms with van der Waals surface area (Å²) >= 11 is 0. The van der Waals surface area contributed by atoms with Crippen LogP contribution in [0.25, 0.3) is 0 Å². The van der Waals surface area contributed by atoms with E-state index in [2.05, 4.69) is 10.1 Å². The number of rotatable bonds is 7. The Morgan fingerprint density at radius 1 is 1.21 bits per heavy atom. The molecule has 2 aromatic rings. The first-order valence-corrected chi connectivity index (χ1v) is 6.26. The number of hydrogen-bond acceptors (Lipinski definition) is 5. The SMILES string of the molecule is CCOc1ccccc1OCCn1cnc(CN)n1. The Labute approximate surface area is 112 Å². The highest BCUT2D eigenvalue weighted by atomic mass is 16.5. The monoisotopic (exact) mass is 262 g/mol. The van der Waals surface area contributed by atoms with Crippen molar-refractivity contribution < 1.29 is 9.47 Å². The van der Waals surface area contributed by atoms with Gasteiger partial charge in [0.15, 0.2) is 17.3 Å². The lowest BCUT2D eigenvalue weighted by Gasteiger charge is -2.11. The molecule has 1 aromatic carbocycles. The molecule has 0 atom stereocenters. The Morgan fingerprint density at radius 2 is 1.95 bits per heavy atom. The number of benzene rings is 1. The van der Waals surface area contributed by atoms with Crippen molar-refractivity contribution in [3.8, 4) is 11.5 Å². The fourth-order valence-corrected chi connectivity index (χ4v) is 1.63. The van der Waals surface area contributed by atoms with Crippen LogP contribution in [0.2, 0.25) is 0 Å². The van der Waals surface area contributed by atoms with Crippen LogP contribution < -0.4 is 15.2 Å². The highest BCUT2D eigenvalue weighted by Gasteiger charge is 2.04. The van der Waals surface area contributed by atoms with E-state index < -0.39 is 0 Å². The molecule has 1 aromatic heterocycles. The third-order valence-corrected chi connectivity index (χ3v) is 2.49. The minimum atomic E-state index is 0.348. The van der Waals surface area contributed by atoms with Crippen molar-refractivity contribution in [2.75, 3.05) is 13.2 Å². The molecule has 0 aliphatic rings. The summed E-state index contributed by atoms with van der Waals surface area (Å²) in [5.74, 6) is 2.13. The van der Waals surface area contributed by atoms with E-state index in [4.69, 9.17) is 15.2 Å². The van der Waals surface area contributed by atoms with Gasteiger partial charge in [-0.15, -0.1) is 0 Å².